The lowest BCUT2D eigenvalue weighted by atomic mass is 10.2. The Hall–Kier alpha value is -1.44. The van der Waals surface area contributed by atoms with Gasteiger partial charge in [-0.25, -0.2) is 0 Å². The van der Waals surface area contributed by atoms with Gasteiger partial charge in [-0.1, -0.05) is 26.7 Å². The van der Waals surface area contributed by atoms with Gasteiger partial charge in [0.15, 0.2) is 0 Å². The zero-order chi connectivity index (χ0) is 12.8. The van der Waals surface area contributed by atoms with Crippen LogP contribution in [0.2, 0.25) is 0 Å². The van der Waals surface area contributed by atoms with Gasteiger partial charge in [-0.2, -0.15) is 0 Å². The van der Waals surface area contributed by atoms with Crippen molar-refractivity contribution in [1.82, 2.24) is 9.13 Å². The van der Waals surface area contributed by atoms with Crippen LogP contribution in [0.3, 0.4) is 0 Å². The lowest BCUT2D eigenvalue weighted by Gasteiger charge is -2.12. The van der Waals surface area contributed by atoms with Crippen LogP contribution in [0.25, 0.3) is 0 Å². The highest BCUT2D eigenvalue weighted by molar-refractivity contribution is 5.09. The molecule has 2 nitrogen and oxygen atoms in total. The van der Waals surface area contributed by atoms with Crippen LogP contribution in [0, 0.1) is 0 Å². The first-order chi connectivity index (χ1) is 8.85. The Labute approximate surface area is 110 Å². The van der Waals surface area contributed by atoms with E-state index < -0.39 is 0 Å². The molecule has 0 aliphatic carbocycles. The summed E-state index contributed by atoms with van der Waals surface area (Å²) in [5.74, 6) is 0. The molecule has 2 heterocycles. The van der Waals surface area contributed by atoms with Crippen LogP contribution in [0.4, 0.5) is 0 Å². The maximum Gasteiger partial charge on any atom is 0.0402 e. The molecule has 0 amide bonds. The Morgan fingerprint density at radius 3 is 1.61 bits per heavy atom. The minimum Gasteiger partial charge on any atom is -0.350 e. The third kappa shape index (κ3) is 3.06. The Balaban J connectivity index is 1.98. The van der Waals surface area contributed by atoms with Gasteiger partial charge < -0.3 is 9.13 Å². The second kappa shape index (κ2) is 6.48. The molecule has 0 aliphatic heterocycles. The fourth-order valence-corrected chi connectivity index (χ4v) is 2.52. The molecule has 98 valence electrons. The predicted molar refractivity (Wildman–Crippen MR) is 76.9 cm³/mol. The van der Waals surface area contributed by atoms with E-state index in [1.54, 1.807) is 0 Å². The van der Waals surface area contributed by atoms with Crippen LogP contribution in [-0.2, 0) is 25.9 Å². The fraction of sp³-hybridized carbons (Fsp3) is 0.500. The van der Waals surface area contributed by atoms with E-state index in [1.807, 2.05) is 0 Å². The van der Waals surface area contributed by atoms with Crippen molar-refractivity contribution in [3.05, 3.63) is 48.0 Å². The van der Waals surface area contributed by atoms with Gasteiger partial charge in [0.1, 0.15) is 0 Å². The van der Waals surface area contributed by atoms with Crippen LogP contribution in [-0.4, -0.2) is 9.13 Å². The predicted octanol–water partition coefficient (Wildman–Crippen LogP) is 3.89. The molecule has 18 heavy (non-hydrogen) atoms. The minimum absolute atomic E-state index is 1.08. The number of hydrogen-bond donors (Lipinski definition) is 0. The molecule has 0 aliphatic rings. The smallest absolute Gasteiger partial charge is 0.0402 e. The Kier molecular flexibility index (Phi) is 4.68. The van der Waals surface area contributed by atoms with Gasteiger partial charge in [0, 0.05) is 36.9 Å². The van der Waals surface area contributed by atoms with E-state index in [0.717, 1.165) is 13.1 Å². The van der Waals surface area contributed by atoms with Crippen LogP contribution in [0.5, 0.6) is 0 Å². The number of aryl methyl sites for hydroxylation is 4. The fourth-order valence-electron chi connectivity index (χ4n) is 2.52. The highest BCUT2D eigenvalue weighted by atomic mass is 15.0. The molecule has 2 heteroatoms. The third-order valence-electron chi connectivity index (χ3n) is 3.44. The van der Waals surface area contributed by atoms with E-state index in [2.05, 4.69) is 59.6 Å². The summed E-state index contributed by atoms with van der Waals surface area (Å²) in [7, 11) is 0. The molecule has 0 saturated carbocycles. The summed E-state index contributed by atoms with van der Waals surface area (Å²) >= 11 is 0. The van der Waals surface area contributed by atoms with Crippen LogP contribution >= 0.6 is 0 Å². The Morgan fingerprint density at radius 1 is 0.778 bits per heavy atom. The second-order valence-electron chi connectivity index (χ2n) is 4.89. The molecule has 2 aromatic heterocycles. The van der Waals surface area contributed by atoms with Crippen molar-refractivity contribution in [2.75, 3.05) is 0 Å². The first-order valence-electron chi connectivity index (χ1n) is 7.13. The first kappa shape index (κ1) is 13.0. The Bertz CT molecular complexity index is 421. The molecule has 0 radical (unpaired) electrons. The van der Waals surface area contributed by atoms with Crippen molar-refractivity contribution in [2.24, 2.45) is 0 Å². The Morgan fingerprint density at radius 2 is 1.22 bits per heavy atom. The number of rotatable bonds is 7. The van der Waals surface area contributed by atoms with E-state index in [4.69, 9.17) is 0 Å². The van der Waals surface area contributed by atoms with Crippen LogP contribution in [0.15, 0.2) is 36.7 Å². The maximum atomic E-state index is 2.39. The highest BCUT2D eigenvalue weighted by Crippen LogP contribution is 2.09. The zero-order valence-corrected chi connectivity index (χ0v) is 11.6. The van der Waals surface area contributed by atoms with Crippen LogP contribution < -0.4 is 0 Å². The standard InChI is InChI=1S/C16H24N2/c1-3-7-15-9-5-11-17(15)13-14-18-12-6-10-16(18)8-4-2/h5-6,9-12H,3-4,7-8,13-14H2,1-2H3. The summed E-state index contributed by atoms with van der Waals surface area (Å²) in [6.07, 6.45) is 9.20. The normalized spacial score (nSPS) is 11.0. The molecule has 0 aromatic carbocycles. The zero-order valence-electron chi connectivity index (χ0n) is 11.6. The number of hydrogen-bond acceptors (Lipinski definition) is 0. The summed E-state index contributed by atoms with van der Waals surface area (Å²) in [4.78, 5) is 0. The van der Waals surface area contributed by atoms with E-state index in [1.165, 1.54) is 37.1 Å². The molecule has 0 unspecified atom stereocenters. The molecular weight excluding hydrogens is 220 g/mol. The van der Waals surface area contributed by atoms with E-state index in [9.17, 15) is 0 Å². The van der Waals surface area contributed by atoms with Crippen molar-refractivity contribution in [3.8, 4) is 0 Å². The molecule has 2 aromatic rings. The summed E-state index contributed by atoms with van der Waals surface area (Å²) in [5, 5.41) is 0. The summed E-state index contributed by atoms with van der Waals surface area (Å²) < 4.78 is 4.78. The third-order valence-corrected chi connectivity index (χ3v) is 3.44. The summed E-state index contributed by atoms with van der Waals surface area (Å²) in [6.45, 7) is 6.63. The molecule has 0 atom stereocenters. The van der Waals surface area contributed by atoms with Gasteiger partial charge in [0.25, 0.3) is 0 Å². The maximum absolute atomic E-state index is 2.39. The first-order valence-corrected chi connectivity index (χ1v) is 7.13. The molecule has 2 rings (SSSR count). The molecular formula is C16H24N2. The van der Waals surface area contributed by atoms with Crippen molar-refractivity contribution in [2.45, 2.75) is 52.6 Å². The van der Waals surface area contributed by atoms with Crippen molar-refractivity contribution in [3.63, 3.8) is 0 Å². The molecule has 0 fully saturated rings. The lowest BCUT2D eigenvalue weighted by molar-refractivity contribution is 0.548. The molecule has 0 bridgehead atoms. The summed E-state index contributed by atoms with van der Waals surface area (Å²) in [5.41, 5.74) is 2.92. The van der Waals surface area contributed by atoms with Crippen molar-refractivity contribution < 1.29 is 0 Å². The lowest BCUT2D eigenvalue weighted by Crippen LogP contribution is -2.10. The van der Waals surface area contributed by atoms with Gasteiger partial charge in [-0.3, -0.25) is 0 Å². The topological polar surface area (TPSA) is 9.86 Å². The number of nitrogens with zero attached hydrogens (tertiary/aromatic N) is 2. The average Bonchev–Trinajstić information content (AvgIpc) is 2.97. The second-order valence-corrected chi connectivity index (χ2v) is 4.89. The van der Waals surface area contributed by atoms with Crippen molar-refractivity contribution >= 4 is 0 Å². The number of aromatic nitrogens is 2. The van der Waals surface area contributed by atoms with Gasteiger partial charge in [-0.15, -0.1) is 0 Å². The van der Waals surface area contributed by atoms with Gasteiger partial charge in [0.05, 0.1) is 0 Å². The monoisotopic (exact) mass is 244 g/mol. The van der Waals surface area contributed by atoms with Gasteiger partial charge in [-0.05, 0) is 37.1 Å². The van der Waals surface area contributed by atoms with Crippen LogP contribution in [0.1, 0.15) is 38.1 Å². The highest BCUT2D eigenvalue weighted by Gasteiger charge is 2.02. The van der Waals surface area contributed by atoms with Crippen molar-refractivity contribution in [1.29, 1.82) is 0 Å². The molecule has 0 N–H and O–H groups in total. The molecule has 0 saturated heterocycles. The van der Waals surface area contributed by atoms with Gasteiger partial charge >= 0.3 is 0 Å². The van der Waals surface area contributed by atoms with E-state index in [0.29, 0.717) is 0 Å². The van der Waals surface area contributed by atoms with Gasteiger partial charge in [0.2, 0.25) is 0 Å². The van der Waals surface area contributed by atoms with E-state index >= 15 is 0 Å². The molecule has 0 spiro atoms. The summed E-state index contributed by atoms with van der Waals surface area (Å²) in [6, 6.07) is 8.81. The SMILES string of the molecule is CCCc1cccn1CCn1cccc1CCC. The minimum atomic E-state index is 1.08. The van der Waals surface area contributed by atoms with E-state index in [-0.39, 0.29) is 0 Å². The quantitative estimate of drug-likeness (QED) is 0.699. The average molecular weight is 244 g/mol. The largest absolute Gasteiger partial charge is 0.350 e.